The molecule has 15 heavy (non-hydrogen) atoms. The van der Waals surface area contributed by atoms with Crippen LogP contribution in [0.5, 0.6) is 0 Å². The molecular formula is C13H28N2. The van der Waals surface area contributed by atoms with Crippen molar-refractivity contribution in [3.05, 3.63) is 0 Å². The first-order valence-electron chi connectivity index (χ1n) is 6.22. The number of hydrogen-bond acceptors (Lipinski definition) is 2. The van der Waals surface area contributed by atoms with E-state index >= 15 is 0 Å². The molecule has 0 aromatic rings. The van der Waals surface area contributed by atoms with Gasteiger partial charge in [-0.3, -0.25) is 0 Å². The Bertz CT molecular complexity index is 193. The molecule has 1 aliphatic rings. The lowest BCUT2D eigenvalue weighted by molar-refractivity contribution is 0.189. The Balaban J connectivity index is 2.47. The predicted molar refractivity (Wildman–Crippen MR) is 67.1 cm³/mol. The molecule has 0 radical (unpaired) electrons. The average Bonchev–Trinajstić information content (AvgIpc) is 2.42. The lowest BCUT2D eigenvalue weighted by Crippen LogP contribution is -2.44. The van der Waals surface area contributed by atoms with E-state index in [9.17, 15) is 0 Å². The average molecular weight is 212 g/mol. The summed E-state index contributed by atoms with van der Waals surface area (Å²) in [5.74, 6) is 1.68. The minimum absolute atomic E-state index is 0.253. The maximum atomic E-state index is 3.64. The lowest BCUT2D eigenvalue weighted by Gasteiger charge is -2.32. The third-order valence-corrected chi connectivity index (χ3v) is 3.55. The van der Waals surface area contributed by atoms with Crippen LogP contribution < -0.4 is 5.32 Å². The summed E-state index contributed by atoms with van der Waals surface area (Å²) in [6, 6.07) is 0.764. The van der Waals surface area contributed by atoms with E-state index in [0.29, 0.717) is 0 Å². The summed E-state index contributed by atoms with van der Waals surface area (Å²) in [6.07, 6.45) is 2.77. The van der Waals surface area contributed by atoms with E-state index in [0.717, 1.165) is 24.4 Å². The van der Waals surface area contributed by atoms with Gasteiger partial charge in [-0.1, -0.05) is 6.92 Å². The largest absolute Gasteiger partial charge is 0.312 e. The van der Waals surface area contributed by atoms with E-state index in [-0.39, 0.29) is 5.54 Å². The molecule has 1 saturated carbocycles. The van der Waals surface area contributed by atoms with Crippen molar-refractivity contribution >= 4 is 0 Å². The zero-order chi connectivity index (χ0) is 11.6. The SMILES string of the molecule is CC1CCC(CNC(C)(C)C)C1N(C)C. The fourth-order valence-electron chi connectivity index (χ4n) is 2.87. The van der Waals surface area contributed by atoms with Gasteiger partial charge in [0.25, 0.3) is 0 Å². The monoisotopic (exact) mass is 212 g/mol. The Morgan fingerprint density at radius 3 is 2.27 bits per heavy atom. The van der Waals surface area contributed by atoms with Crippen molar-refractivity contribution in [2.45, 2.75) is 52.1 Å². The highest BCUT2D eigenvalue weighted by Crippen LogP contribution is 2.33. The fraction of sp³-hybridized carbons (Fsp3) is 1.00. The maximum Gasteiger partial charge on any atom is 0.0155 e. The Morgan fingerprint density at radius 2 is 1.80 bits per heavy atom. The Hall–Kier alpha value is -0.0800. The quantitative estimate of drug-likeness (QED) is 0.772. The maximum absolute atomic E-state index is 3.64. The van der Waals surface area contributed by atoms with Crippen LogP contribution >= 0.6 is 0 Å². The highest BCUT2D eigenvalue weighted by atomic mass is 15.1. The second-order valence-electron chi connectivity index (χ2n) is 6.40. The van der Waals surface area contributed by atoms with Crippen molar-refractivity contribution in [3.8, 4) is 0 Å². The first-order valence-corrected chi connectivity index (χ1v) is 6.22. The van der Waals surface area contributed by atoms with Gasteiger partial charge in [-0.25, -0.2) is 0 Å². The summed E-state index contributed by atoms with van der Waals surface area (Å²) in [5.41, 5.74) is 0.253. The molecule has 2 heteroatoms. The van der Waals surface area contributed by atoms with Crippen LogP contribution in [0.25, 0.3) is 0 Å². The van der Waals surface area contributed by atoms with Crippen LogP contribution in [0, 0.1) is 11.8 Å². The van der Waals surface area contributed by atoms with Crippen molar-refractivity contribution in [1.82, 2.24) is 10.2 Å². The van der Waals surface area contributed by atoms with Crippen LogP contribution in [0.4, 0.5) is 0 Å². The van der Waals surface area contributed by atoms with Crippen molar-refractivity contribution < 1.29 is 0 Å². The van der Waals surface area contributed by atoms with Crippen LogP contribution in [0.2, 0.25) is 0 Å². The Kier molecular flexibility index (Phi) is 4.19. The van der Waals surface area contributed by atoms with Gasteiger partial charge in [0, 0.05) is 11.6 Å². The standard InChI is InChI=1S/C13H28N2/c1-10-7-8-11(12(10)15(5)6)9-14-13(2,3)4/h10-12,14H,7-9H2,1-6H3. The van der Waals surface area contributed by atoms with Crippen LogP contribution in [0.1, 0.15) is 40.5 Å². The van der Waals surface area contributed by atoms with Gasteiger partial charge in [0.15, 0.2) is 0 Å². The molecule has 1 N–H and O–H groups in total. The molecule has 3 unspecified atom stereocenters. The zero-order valence-electron chi connectivity index (χ0n) is 11.3. The van der Waals surface area contributed by atoms with Gasteiger partial charge in [-0.2, -0.15) is 0 Å². The summed E-state index contributed by atoms with van der Waals surface area (Å²) in [5, 5.41) is 3.64. The number of rotatable bonds is 3. The number of hydrogen-bond donors (Lipinski definition) is 1. The molecule has 3 atom stereocenters. The Morgan fingerprint density at radius 1 is 1.20 bits per heavy atom. The molecule has 0 aliphatic heterocycles. The molecule has 0 spiro atoms. The predicted octanol–water partition coefficient (Wildman–Crippen LogP) is 2.35. The van der Waals surface area contributed by atoms with Crippen molar-refractivity contribution in [3.63, 3.8) is 0 Å². The third-order valence-electron chi connectivity index (χ3n) is 3.55. The molecule has 0 bridgehead atoms. The summed E-state index contributed by atoms with van der Waals surface area (Å²) >= 11 is 0. The van der Waals surface area contributed by atoms with Gasteiger partial charge in [0.1, 0.15) is 0 Å². The minimum atomic E-state index is 0.253. The summed E-state index contributed by atoms with van der Waals surface area (Å²) in [4.78, 5) is 2.41. The fourth-order valence-corrected chi connectivity index (χ4v) is 2.87. The smallest absolute Gasteiger partial charge is 0.0155 e. The third kappa shape index (κ3) is 3.76. The van der Waals surface area contributed by atoms with Gasteiger partial charge >= 0.3 is 0 Å². The summed E-state index contributed by atoms with van der Waals surface area (Å²) < 4.78 is 0. The van der Waals surface area contributed by atoms with Crippen molar-refractivity contribution in [1.29, 1.82) is 0 Å². The van der Waals surface area contributed by atoms with Crippen molar-refractivity contribution in [2.75, 3.05) is 20.6 Å². The van der Waals surface area contributed by atoms with Gasteiger partial charge in [-0.15, -0.1) is 0 Å². The van der Waals surface area contributed by atoms with Crippen LogP contribution in [0.3, 0.4) is 0 Å². The zero-order valence-corrected chi connectivity index (χ0v) is 11.3. The molecule has 1 rings (SSSR count). The molecule has 0 aromatic heterocycles. The first kappa shape index (κ1) is 13.0. The van der Waals surface area contributed by atoms with E-state index < -0.39 is 0 Å². The highest BCUT2D eigenvalue weighted by Gasteiger charge is 2.34. The van der Waals surface area contributed by atoms with Gasteiger partial charge < -0.3 is 10.2 Å². The number of nitrogens with zero attached hydrogens (tertiary/aromatic N) is 1. The number of nitrogens with one attached hydrogen (secondary N) is 1. The van der Waals surface area contributed by atoms with E-state index in [4.69, 9.17) is 0 Å². The van der Waals surface area contributed by atoms with E-state index in [1.165, 1.54) is 12.8 Å². The summed E-state index contributed by atoms with van der Waals surface area (Å²) in [6.45, 7) is 10.3. The second kappa shape index (κ2) is 4.84. The van der Waals surface area contributed by atoms with Crippen molar-refractivity contribution in [2.24, 2.45) is 11.8 Å². The molecule has 0 heterocycles. The van der Waals surface area contributed by atoms with E-state index in [1.54, 1.807) is 0 Å². The lowest BCUT2D eigenvalue weighted by atomic mass is 9.96. The second-order valence-corrected chi connectivity index (χ2v) is 6.40. The first-order chi connectivity index (χ1) is 6.81. The molecule has 2 nitrogen and oxygen atoms in total. The molecule has 1 fully saturated rings. The van der Waals surface area contributed by atoms with Crippen LogP contribution in [-0.4, -0.2) is 37.1 Å². The van der Waals surface area contributed by atoms with Crippen LogP contribution in [-0.2, 0) is 0 Å². The normalized spacial score (nSPS) is 32.6. The molecule has 0 saturated heterocycles. The topological polar surface area (TPSA) is 15.3 Å². The molecule has 90 valence electrons. The molecule has 1 aliphatic carbocycles. The van der Waals surface area contributed by atoms with Gasteiger partial charge in [0.2, 0.25) is 0 Å². The Labute approximate surface area is 95.4 Å². The van der Waals surface area contributed by atoms with Crippen LogP contribution in [0.15, 0.2) is 0 Å². The highest BCUT2D eigenvalue weighted by molar-refractivity contribution is 4.90. The molecule has 0 aromatic carbocycles. The van der Waals surface area contributed by atoms with E-state index in [1.807, 2.05) is 0 Å². The minimum Gasteiger partial charge on any atom is -0.312 e. The molecule has 0 amide bonds. The van der Waals surface area contributed by atoms with Gasteiger partial charge in [-0.05, 0) is 66.1 Å². The molecular weight excluding hydrogens is 184 g/mol. The summed E-state index contributed by atoms with van der Waals surface area (Å²) in [7, 11) is 4.44. The van der Waals surface area contributed by atoms with Gasteiger partial charge in [0.05, 0.1) is 0 Å². The van der Waals surface area contributed by atoms with E-state index in [2.05, 4.69) is 52.0 Å².